The van der Waals surface area contributed by atoms with E-state index in [4.69, 9.17) is 16.7 Å². The molecule has 0 fully saturated rings. The van der Waals surface area contributed by atoms with Gasteiger partial charge in [-0.05, 0) is 36.2 Å². The van der Waals surface area contributed by atoms with Crippen molar-refractivity contribution in [1.29, 1.82) is 0 Å². The second-order valence-corrected chi connectivity index (χ2v) is 3.68. The molecule has 3 heteroatoms. The summed E-state index contributed by atoms with van der Waals surface area (Å²) in [6.07, 6.45) is 1.11. The predicted octanol–water partition coefficient (Wildman–Crippen LogP) is 2.33. The highest BCUT2D eigenvalue weighted by Gasteiger charge is 2.01. The van der Waals surface area contributed by atoms with Gasteiger partial charge in [-0.25, -0.2) is 0 Å². The molecule has 0 saturated heterocycles. The van der Waals surface area contributed by atoms with E-state index in [0.29, 0.717) is 0 Å². The van der Waals surface area contributed by atoms with Crippen LogP contribution in [0.15, 0.2) is 18.2 Å². The highest BCUT2D eigenvalue weighted by molar-refractivity contribution is 6.30. The lowest BCUT2D eigenvalue weighted by Crippen LogP contribution is -2.15. The lowest BCUT2D eigenvalue weighted by Gasteiger charge is -2.08. The fraction of sp³-hybridized carbons (Fsp3) is 0.455. The van der Waals surface area contributed by atoms with Crippen LogP contribution in [-0.2, 0) is 13.2 Å². The number of aliphatic hydroxyl groups excluding tert-OH is 1. The van der Waals surface area contributed by atoms with Gasteiger partial charge < -0.3 is 10.4 Å². The van der Waals surface area contributed by atoms with Crippen molar-refractivity contribution in [1.82, 2.24) is 5.32 Å². The first-order valence-electron chi connectivity index (χ1n) is 4.86. The normalized spacial score (nSPS) is 10.5. The van der Waals surface area contributed by atoms with Crippen molar-refractivity contribution in [3.63, 3.8) is 0 Å². The summed E-state index contributed by atoms with van der Waals surface area (Å²) in [7, 11) is 0. The van der Waals surface area contributed by atoms with E-state index >= 15 is 0 Å². The van der Waals surface area contributed by atoms with E-state index in [2.05, 4.69) is 12.2 Å². The van der Waals surface area contributed by atoms with E-state index in [1.165, 1.54) is 0 Å². The molecule has 2 N–H and O–H groups in total. The Morgan fingerprint density at radius 2 is 2.14 bits per heavy atom. The third kappa shape index (κ3) is 3.29. The summed E-state index contributed by atoms with van der Waals surface area (Å²) in [6, 6.07) is 5.57. The molecule has 0 bridgehead atoms. The minimum atomic E-state index is 0.0697. The standard InChI is InChI=1S/C11H16ClNO/c1-2-5-13-7-10-6-11(12)4-3-9(10)8-14/h3-4,6,13-14H,2,5,7-8H2,1H3. The fourth-order valence-electron chi connectivity index (χ4n) is 1.31. The summed E-state index contributed by atoms with van der Waals surface area (Å²) < 4.78 is 0. The molecule has 1 aromatic carbocycles. The first-order valence-corrected chi connectivity index (χ1v) is 5.24. The van der Waals surface area contributed by atoms with Gasteiger partial charge in [-0.3, -0.25) is 0 Å². The Labute approximate surface area is 89.9 Å². The topological polar surface area (TPSA) is 32.3 Å². The number of nitrogens with one attached hydrogen (secondary N) is 1. The zero-order valence-corrected chi connectivity index (χ0v) is 9.14. The number of rotatable bonds is 5. The molecule has 0 atom stereocenters. The molecule has 0 aliphatic rings. The van der Waals surface area contributed by atoms with Crippen molar-refractivity contribution in [3.8, 4) is 0 Å². The van der Waals surface area contributed by atoms with Crippen LogP contribution in [0.25, 0.3) is 0 Å². The van der Waals surface area contributed by atoms with Gasteiger partial charge in [0.15, 0.2) is 0 Å². The zero-order chi connectivity index (χ0) is 10.4. The average Bonchev–Trinajstić information content (AvgIpc) is 2.19. The van der Waals surface area contributed by atoms with Crippen molar-refractivity contribution < 1.29 is 5.11 Å². The quantitative estimate of drug-likeness (QED) is 0.736. The summed E-state index contributed by atoms with van der Waals surface area (Å²) >= 11 is 5.88. The summed E-state index contributed by atoms with van der Waals surface area (Å²) in [6.45, 7) is 3.94. The van der Waals surface area contributed by atoms with Crippen LogP contribution < -0.4 is 5.32 Å². The van der Waals surface area contributed by atoms with Crippen molar-refractivity contribution in [2.75, 3.05) is 6.54 Å². The monoisotopic (exact) mass is 213 g/mol. The van der Waals surface area contributed by atoms with Crippen LogP contribution in [-0.4, -0.2) is 11.7 Å². The molecule has 0 heterocycles. The number of benzene rings is 1. The molecule has 0 unspecified atom stereocenters. The molecular weight excluding hydrogens is 198 g/mol. The molecule has 0 aromatic heterocycles. The van der Waals surface area contributed by atoms with Crippen LogP contribution in [0, 0.1) is 0 Å². The predicted molar refractivity (Wildman–Crippen MR) is 59.4 cm³/mol. The first kappa shape index (κ1) is 11.5. The molecular formula is C11H16ClNO. The van der Waals surface area contributed by atoms with E-state index in [9.17, 15) is 0 Å². The van der Waals surface area contributed by atoms with Crippen LogP contribution in [0.3, 0.4) is 0 Å². The van der Waals surface area contributed by atoms with Crippen LogP contribution in [0.1, 0.15) is 24.5 Å². The molecule has 0 aliphatic carbocycles. The van der Waals surface area contributed by atoms with E-state index in [0.717, 1.165) is 35.7 Å². The molecule has 1 rings (SSSR count). The Hall–Kier alpha value is -0.570. The lowest BCUT2D eigenvalue weighted by molar-refractivity contribution is 0.280. The number of halogens is 1. The van der Waals surface area contributed by atoms with Gasteiger partial charge in [0.1, 0.15) is 0 Å². The van der Waals surface area contributed by atoms with Gasteiger partial charge in [0.2, 0.25) is 0 Å². The number of hydrogen-bond acceptors (Lipinski definition) is 2. The van der Waals surface area contributed by atoms with Gasteiger partial charge in [0.25, 0.3) is 0 Å². The molecule has 0 aliphatic heterocycles. The van der Waals surface area contributed by atoms with Crippen molar-refractivity contribution >= 4 is 11.6 Å². The Kier molecular flexibility index (Phi) is 4.94. The zero-order valence-electron chi connectivity index (χ0n) is 8.39. The maximum absolute atomic E-state index is 9.09. The Morgan fingerprint density at radius 3 is 2.79 bits per heavy atom. The summed E-state index contributed by atoms with van der Waals surface area (Å²) in [5, 5.41) is 13.1. The van der Waals surface area contributed by atoms with E-state index < -0.39 is 0 Å². The molecule has 1 aromatic rings. The number of aliphatic hydroxyl groups is 1. The Balaban J connectivity index is 2.67. The van der Waals surface area contributed by atoms with Crippen molar-refractivity contribution in [2.45, 2.75) is 26.5 Å². The summed E-state index contributed by atoms with van der Waals surface area (Å²) in [5.41, 5.74) is 2.02. The van der Waals surface area contributed by atoms with E-state index in [-0.39, 0.29) is 6.61 Å². The Morgan fingerprint density at radius 1 is 1.36 bits per heavy atom. The van der Waals surface area contributed by atoms with Gasteiger partial charge in [-0.2, -0.15) is 0 Å². The van der Waals surface area contributed by atoms with E-state index in [1.54, 1.807) is 6.07 Å². The van der Waals surface area contributed by atoms with Crippen molar-refractivity contribution in [3.05, 3.63) is 34.3 Å². The molecule has 14 heavy (non-hydrogen) atoms. The maximum atomic E-state index is 9.09. The molecule has 78 valence electrons. The van der Waals surface area contributed by atoms with Crippen LogP contribution in [0.5, 0.6) is 0 Å². The largest absolute Gasteiger partial charge is 0.392 e. The molecule has 2 nitrogen and oxygen atoms in total. The SMILES string of the molecule is CCCNCc1cc(Cl)ccc1CO. The van der Waals surface area contributed by atoms with Gasteiger partial charge in [0, 0.05) is 11.6 Å². The van der Waals surface area contributed by atoms with Gasteiger partial charge in [0.05, 0.1) is 6.61 Å². The third-order valence-corrected chi connectivity index (χ3v) is 2.32. The molecule has 0 amide bonds. The Bertz CT molecular complexity index is 289. The van der Waals surface area contributed by atoms with Crippen molar-refractivity contribution in [2.24, 2.45) is 0 Å². The number of hydrogen-bond donors (Lipinski definition) is 2. The second-order valence-electron chi connectivity index (χ2n) is 3.25. The van der Waals surface area contributed by atoms with Gasteiger partial charge in [-0.1, -0.05) is 24.6 Å². The smallest absolute Gasteiger partial charge is 0.0685 e. The van der Waals surface area contributed by atoms with Crippen LogP contribution >= 0.6 is 11.6 Å². The van der Waals surface area contributed by atoms with Gasteiger partial charge in [-0.15, -0.1) is 0 Å². The average molecular weight is 214 g/mol. The summed E-state index contributed by atoms with van der Waals surface area (Å²) in [5.74, 6) is 0. The van der Waals surface area contributed by atoms with Crippen LogP contribution in [0.4, 0.5) is 0 Å². The highest BCUT2D eigenvalue weighted by Crippen LogP contribution is 2.16. The fourth-order valence-corrected chi connectivity index (χ4v) is 1.51. The molecule has 0 spiro atoms. The molecule has 0 saturated carbocycles. The summed E-state index contributed by atoms with van der Waals surface area (Å²) in [4.78, 5) is 0. The highest BCUT2D eigenvalue weighted by atomic mass is 35.5. The second kappa shape index (κ2) is 6.02. The minimum Gasteiger partial charge on any atom is -0.392 e. The third-order valence-electron chi connectivity index (χ3n) is 2.08. The van der Waals surface area contributed by atoms with E-state index in [1.807, 2.05) is 12.1 Å². The molecule has 0 radical (unpaired) electrons. The lowest BCUT2D eigenvalue weighted by atomic mass is 10.1. The first-order chi connectivity index (χ1) is 6.77. The van der Waals surface area contributed by atoms with Crippen LogP contribution in [0.2, 0.25) is 5.02 Å². The van der Waals surface area contributed by atoms with Gasteiger partial charge >= 0.3 is 0 Å². The maximum Gasteiger partial charge on any atom is 0.0685 e. The minimum absolute atomic E-state index is 0.0697.